The predicted octanol–water partition coefficient (Wildman–Crippen LogP) is 2.04. The van der Waals surface area contributed by atoms with Crippen LogP contribution in [-0.2, 0) is 6.42 Å². The van der Waals surface area contributed by atoms with Gasteiger partial charge in [0.15, 0.2) is 0 Å². The van der Waals surface area contributed by atoms with Crippen LogP contribution < -0.4 is 5.73 Å². The molecule has 108 valence electrons. The zero-order valence-electron chi connectivity index (χ0n) is 12.3. The van der Waals surface area contributed by atoms with E-state index in [0.29, 0.717) is 0 Å². The van der Waals surface area contributed by atoms with E-state index < -0.39 is 0 Å². The van der Waals surface area contributed by atoms with Crippen molar-refractivity contribution in [1.82, 2.24) is 9.80 Å². The average Bonchev–Trinajstić information content (AvgIpc) is 2.86. The van der Waals surface area contributed by atoms with Crippen LogP contribution in [0.15, 0.2) is 17.5 Å². The smallest absolute Gasteiger partial charge is 0.0341 e. The van der Waals surface area contributed by atoms with Gasteiger partial charge in [-0.25, -0.2) is 0 Å². The second kappa shape index (κ2) is 6.84. The average molecular weight is 281 g/mol. The van der Waals surface area contributed by atoms with Gasteiger partial charge in [-0.3, -0.25) is 4.90 Å². The zero-order valence-corrected chi connectivity index (χ0v) is 13.1. The first-order chi connectivity index (χ1) is 9.16. The Morgan fingerprint density at radius 1 is 1.42 bits per heavy atom. The van der Waals surface area contributed by atoms with E-state index >= 15 is 0 Å². The summed E-state index contributed by atoms with van der Waals surface area (Å²) in [6.07, 6.45) is 4.83. The summed E-state index contributed by atoms with van der Waals surface area (Å²) in [7, 11) is 4.48. The highest BCUT2D eigenvalue weighted by Crippen LogP contribution is 2.27. The van der Waals surface area contributed by atoms with Crippen LogP contribution in [0.2, 0.25) is 0 Å². The van der Waals surface area contributed by atoms with E-state index in [1.807, 2.05) is 11.3 Å². The quantitative estimate of drug-likeness (QED) is 0.896. The summed E-state index contributed by atoms with van der Waals surface area (Å²) in [4.78, 5) is 6.43. The summed E-state index contributed by atoms with van der Waals surface area (Å²) in [6, 6.07) is 4.37. The molecule has 1 aromatic heterocycles. The van der Waals surface area contributed by atoms with Crippen LogP contribution in [0.4, 0.5) is 0 Å². The van der Waals surface area contributed by atoms with Gasteiger partial charge in [0.2, 0.25) is 0 Å². The van der Waals surface area contributed by atoms with E-state index in [1.54, 1.807) is 0 Å². The maximum atomic E-state index is 6.15. The maximum absolute atomic E-state index is 6.15. The molecule has 0 aliphatic carbocycles. The number of likely N-dealkylation sites (N-methyl/N-ethyl adjacent to an activating group) is 1. The highest BCUT2D eigenvalue weighted by atomic mass is 32.1. The molecule has 0 aromatic carbocycles. The first-order valence-corrected chi connectivity index (χ1v) is 8.16. The second-order valence-corrected chi connectivity index (χ2v) is 6.87. The minimum atomic E-state index is 0.210. The van der Waals surface area contributed by atoms with Crippen LogP contribution in [0, 0.1) is 0 Å². The number of rotatable bonds is 5. The molecule has 2 N–H and O–H groups in total. The number of hydrogen-bond donors (Lipinski definition) is 1. The standard InChI is InChI=1S/C15H27N3S/c1-17-9-4-7-15(13-16,8-11-17)18(2)10-6-14-5-3-12-19-14/h3,5,12H,4,6-11,13,16H2,1-2H3. The summed E-state index contributed by atoms with van der Waals surface area (Å²) in [5, 5.41) is 2.16. The first kappa shape index (κ1) is 15.0. The molecule has 1 aromatic rings. The molecule has 1 atom stereocenters. The molecule has 0 spiro atoms. The Balaban J connectivity index is 1.94. The summed E-state index contributed by atoms with van der Waals surface area (Å²) >= 11 is 1.86. The van der Waals surface area contributed by atoms with Gasteiger partial charge in [-0.2, -0.15) is 0 Å². The van der Waals surface area contributed by atoms with Crippen molar-refractivity contribution in [3.8, 4) is 0 Å². The summed E-state index contributed by atoms with van der Waals surface area (Å²) in [6.45, 7) is 4.27. The van der Waals surface area contributed by atoms with Gasteiger partial charge in [-0.05, 0) is 64.3 Å². The number of nitrogens with zero attached hydrogens (tertiary/aromatic N) is 2. The number of nitrogens with two attached hydrogens (primary N) is 1. The normalized spacial score (nSPS) is 25.7. The lowest BCUT2D eigenvalue weighted by molar-refractivity contribution is 0.109. The lowest BCUT2D eigenvalue weighted by Crippen LogP contribution is -2.53. The van der Waals surface area contributed by atoms with E-state index in [9.17, 15) is 0 Å². The van der Waals surface area contributed by atoms with E-state index in [1.165, 1.54) is 37.2 Å². The highest BCUT2D eigenvalue weighted by Gasteiger charge is 2.34. The van der Waals surface area contributed by atoms with Gasteiger partial charge in [0.25, 0.3) is 0 Å². The third kappa shape index (κ3) is 3.78. The Morgan fingerprint density at radius 3 is 2.95 bits per heavy atom. The lowest BCUT2D eigenvalue weighted by Gasteiger charge is -2.41. The molecule has 0 saturated carbocycles. The highest BCUT2D eigenvalue weighted by molar-refractivity contribution is 7.09. The summed E-state index contributed by atoms with van der Waals surface area (Å²) < 4.78 is 0. The SMILES string of the molecule is CN1CCCC(CN)(N(C)CCc2cccs2)CC1. The monoisotopic (exact) mass is 281 g/mol. The van der Waals surface area contributed by atoms with Gasteiger partial charge in [0.1, 0.15) is 0 Å². The molecule has 0 amide bonds. The third-order valence-electron chi connectivity index (χ3n) is 4.60. The Kier molecular flexibility index (Phi) is 5.39. The molecule has 2 rings (SSSR count). The summed E-state index contributed by atoms with van der Waals surface area (Å²) in [5.74, 6) is 0. The van der Waals surface area contributed by atoms with Gasteiger partial charge < -0.3 is 10.6 Å². The van der Waals surface area contributed by atoms with Crippen molar-refractivity contribution in [1.29, 1.82) is 0 Å². The Bertz CT molecular complexity index is 365. The molecule has 0 bridgehead atoms. The van der Waals surface area contributed by atoms with E-state index in [4.69, 9.17) is 5.73 Å². The van der Waals surface area contributed by atoms with E-state index in [2.05, 4.69) is 41.4 Å². The summed E-state index contributed by atoms with van der Waals surface area (Å²) in [5.41, 5.74) is 6.36. The minimum Gasteiger partial charge on any atom is -0.329 e. The third-order valence-corrected chi connectivity index (χ3v) is 5.54. The molecule has 0 radical (unpaired) electrons. The minimum absolute atomic E-state index is 0.210. The lowest BCUT2D eigenvalue weighted by atomic mass is 9.88. The van der Waals surface area contributed by atoms with Gasteiger partial charge in [0, 0.05) is 23.5 Å². The number of likely N-dealkylation sites (tertiary alicyclic amines) is 1. The molecular formula is C15H27N3S. The van der Waals surface area contributed by atoms with Crippen molar-refractivity contribution in [2.45, 2.75) is 31.2 Å². The fourth-order valence-electron chi connectivity index (χ4n) is 3.03. The van der Waals surface area contributed by atoms with Gasteiger partial charge in [-0.1, -0.05) is 6.07 Å². The van der Waals surface area contributed by atoms with Gasteiger partial charge in [0.05, 0.1) is 0 Å². The van der Waals surface area contributed by atoms with Crippen LogP contribution in [0.25, 0.3) is 0 Å². The maximum Gasteiger partial charge on any atom is 0.0341 e. The second-order valence-electron chi connectivity index (χ2n) is 5.84. The molecular weight excluding hydrogens is 254 g/mol. The molecule has 4 heteroatoms. The van der Waals surface area contributed by atoms with Crippen LogP contribution >= 0.6 is 11.3 Å². The van der Waals surface area contributed by atoms with Crippen LogP contribution in [0.1, 0.15) is 24.1 Å². The van der Waals surface area contributed by atoms with Crippen molar-refractivity contribution in [3.05, 3.63) is 22.4 Å². The van der Waals surface area contributed by atoms with Crippen LogP contribution in [-0.4, -0.2) is 55.6 Å². The van der Waals surface area contributed by atoms with E-state index in [-0.39, 0.29) is 5.54 Å². The number of thiophene rings is 1. The van der Waals surface area contributed by atoms with Crippen molar-refractivity contribution in [2.75, 3.05) is 40.3 Å². The molecule has 1 unspecified atom stereocenters. The molecule has 1 saturated heterocycles. The fraction of sp³-hybridized carbons (Fsp3) is 0.733. The molecule has 19 heavy (non-hydrogen) atoms. The molecule has 1 aliphatic heterocycles. The molecule has 2 heterocycles. The van der Waals surface area contributed by atoms with Crippen molar-refractivity contribution in [3.63, 3.8) is 0 Å². The van der Waals surface area contributed by atoms with Crippen molar-refractivity contribution >= 4 is 11.3 Å². The largest absolute Gasteiger partial charge is 0.329 e. The van der Waals surface area contributed by atoms with Crippen molar-refractivity contribution < 1.29 is 0 Å². The first-order valence-electron chi connectivity index (χ1n) is 7.28. The van der Waals surface area contributed by atoms with Crippen LogP contribution in [0.5, 0.6) is 0 Å². The van der Waals surface area contributed by atoms with Crippen LogP contribution in [0.3, 0.4) is 0 Å². The Labute approximate surface area is 121 Å². The van der Waals surface area contributed by atoms with Crippen molar-refractivity contribution in [2.24, 2.45) is 5.73 Å². The zero-order chi connectivity index (χ0) is 13.7. The molecule has 1 fully saturated rings. The Morgan fingerprint density at radius 2 is 2.26 bits per heavy atom. The van der Waals surface area contributed by atoms with E-state index in [0.717, 1.165) is 19.5 Å². The number of hydrogen-bond acceptors (Lipinski definition) is 4. The predicted molar refractivity (Wildman–Crippen MR) is 83.8 cm³/mol. The molecule has 3 nitrogen and oxygen atoms in total. The Hall–Kier alpha value is -0.420. The topological polar surface area (TPSA) is 32.5 Å². The van der Waals surface area contributed by atoms with Gasteiger partial charge >= 0.3 is 0 Å². The fourth-order valence-corrected chi connectivity index (χ4v) is 3.72. The molecule has 1 aliphatic rings. The van der Waals surface area contributed by atoms with Gasteiger partial charge in [-0.15, -0.1) is 11.3 Å².